The highest BCUT2D eigenvalue weighted by atomic mass is 32.1. The average Bonchev–Trinajstić information content (AvgIpc) is 2.88. The van der Waals surface area contributed by atoms with Crippen molar-refractivity contribution in [1.82, 2.24) is 19.3 Å². The van der Waals surface area contributed by atoms with Crippen LogP contribution in [0.4, 0.5) is 0 Å². The monoisotopic (exact) mass is 288 g/mol. The average molecular weight is 288 g/mol. The van der Waals surface area contributed by atoms with Gasteiger partial charge in [0.1, 0.15) is 4.83 Å². The van der Waals surface area contributed by atoms with Crippen molar-refractivity contribution in [2.24, 2.45) is 7.05 Å². The fourth-order valence-corrected chi connectivity index (χ4v) is 3.25. The maximum atomic E-state index is 12.6. The molecule has 0 spiro atoms. The number of nitrogens with zero attached hydrogens (tertiary/aromatic N) is 4. The largest absolute Gasteiger partial charge is 0.294 e. The lowest BCUT2D eigenvalue weighted by Crippen LogP contribution is -2.21. The molecule has 20 heavy (non-hydrogen) atoms. The molecule has 0 amide bonds. The topological polar surface area (TPSA) is 52.7 Å². The standard InChI is InChI=1S/C14H16N4OS/c1-8-10(3)20-13-12(8)14(19)18(7-15-13)6-11-5-16-17(4)9(11)2/h5,7H,6H2,1-4H3. The van der Waals surface area contributed by atoms with Gasteiger partial charge in [0, 0.05) is 23.2 Å². The number of aromatic nitrogens is 4. The maximum Gasteiger partial charge on any atom is 0.262 e. The Bertz CT molecular complexity index is 856. The maximum absolute atomic E-state index is 12.6. The van der Waals surface area contributed by atoms with Crippen molar-refractivity contribution in [3.63, 3.8) is 0 Å². The van der Waals surface area contributed by atoms with Gasteiger partial charge in [-0.15, -0.1) is 11.3 Å². The van der Waals surface area contributed by atoms with Crippen LogP contribution in [0.25, 0.3) is 10.2 Å². The highest BCUT2D eigenvalue weighted by Gasteiger charge is 2.13. The summed E-state index contributed by atoms with van der Waals surface area (Å²) in [7, 11) is 1.90. The van der Waals surface area contributed by atoms with Gasteiger partial charge in [0.25, 0.3) is 5.56 Å². The van der Waals surface area contributed by atoms with Gasteiger partial charge in [0.2, 0.25) is 0 Å². The second kappa shape index (κ2) is 4.56. The molecule has 0 aliphatic carbocycles. The van der Waals surface area contributed by atoms with E-state index in [0.29, 0.717) is 6.54 Å². The summed E-state index contributed by atoms with van der Waals surface area (Å²) in [5.41, 5.74) is 3.18. The van der Waals surface area contributed by atoms with Crippen LogP contribution in [0.3, 0.4) is 0 Å². The lowest BCUT2D eigenvalue weighted by molar-refractivity contribution is 0.721. The van der Waals surface area contributed by atoms with Gasteiger partial charge in [0.05, 0.1) is 24.5 Å². The third-order valence-electron chi connectivity index (χ3n) is 3.83. The minimum atomic E-state index is 0.0279. The molecule has 3 aromatic rings. The van der Waals surface area contributed by atoms with Gasteiger partial charge in [-0.2, -0.15) is 5.10 Å². The zero-order valence-electron chi connectivity index (χ0n) is 12.0. The molecule has 0 N–H and O–H groups in total. The first kappa shape index (κ1) is 13.1. The van der Waals surface area contributed by atoms with E-state index in [1.54, 1.807) is 28.4 Å². The van der Waals surface area contributed by atoms with E-state index in [9.17, 15) is 4.79 Å². The van der Waals surface area contributed by atoms with Gasteiger partial charge in [-0.25, -0.2) is 4.98 Å². The van der Waals surface area contributed by atoms with Crippen LogP contribution in [0.5, 0.6) is 0 Å². The van der Waals surface area contributed by atoms with Crippen molar-refractivity contribution in [3.05, 3.63) is 44.6 Å². The summed E-state index contributed by atoms with van der Waals surface area (Å²) in [4.78, 5) is 19.0. The molecular weight excluding hydrogens is 272 g/mol. The zero-order valence-corrected chi connectivity index (χ0v) is 12.8. The van der Waals surface area contributed by atoms with E-state index >= 15 is 0 Å². The molecule has 0 aliphatic rings. The molecule has 5 nitrogen and oxygen atoms in total. The van der Waals surface area contributed by atoms with Crippen LogP contribution in [0, 0.1) is 20.8 Å². The van der Waals surface area contributed by atoms with Crippen LogP contribution < -0.4 is 5.56 Å². The minimum Gasteiger partial charge on any atom is -0.294 e. The summed E-state index contributed by atoms with van der Waals surface area (Å²) in [6.07, 6.45) is 3.43. The fourth-order valence-electron chi connectivity index (χ4n) is 2.27. The molecule has 6 heteroatoms. The van der Waals surface area contributed by atoms with Crippen LogP contribution in [0.15, 0.2) is 17.3 Å². The fraction of sp³-hybridized carbons (Fsp3) is 0.357. The van der Waals surface area contributed by atoms with Crippen molar-refractivity contribution >= 4 is 21.6 Å². The smallest absolute Gasteiger partial charge is 0.262 e. The summed E-state index contributed by atoms with van der Waals surface area (Å²) in [5, 5.41) is 4.96. The van der Waals surface area contributed by atoms with Gasteiger partial charge in [-0.1, -0.05) is 0 Å². The minimum absolute atomic E-state index is 0.0279. The first-order chi connectivity index (χ1) is 9.49. The van der Waals surface area contributed by atoms with E-state index in [1.807, 2.05) is 32.5 Å². The van der Waals surface area contributed by atoms with E-state index in [4.69, 9.17) is 0 Å². The third kappa shape index (κ3) is 1.87. The Hall–Kier alpha value is -1.95. The quantitative estimate of drug-likeness (QED) is 0.726. The Labute approximate surface area is 120 Å². The second-order valence-corrected chi connectivity index (χ2v) is 6.22. The lowest BCUT2D eigenvalue weighted by Gasteiger charge is -2.05. The van der Waals surface area contributed by atoms with Crippen LogP contribution in [-0.4, -0.2) is 19.3 Å². The highest BCUT2D eigenvalue weighted by molar-refractivity contribution is 7.18. The first-order valence-electron chi connectivity index (χ1n) is 6.41. The summed E-state index contributed by atoms with van der Waals surface area (Å²) < 4.78 is 3.47. The number of aryl methyl sites for hydroxylation is 3. The predicted molar refractivity (Wildman–Crippen MR) is 80.4 cm³/mol. The Morgan fingerprint density at radius 3 is 2.70 bits per heavy atom. The molecular formula is C14H16N4OS. The SMILES string of the molecule is Cc1sc2ncn(Cc3cnn(C)c3C)c(=O)c2c1C. The molecule has 104 valence electrons. The molecule has 0 atom stereocenters. The molecule has 0 aromatic carbocycles. The Morgan fingerprint density at radius 2 is 2.05 bits per heavy atom. The van der Waals surface area contributed by atoms with Crippen molar-refractivity contribution in [3.8, 4) is 0 Å². The molecule has 3 aromatic heterocycles. The van der Waals surface area contributed by atoms with Crippen LogP contribution in [0.2, 0.25) is 0 Å². The molecule has 0 aliphatic heterocycles. The van der Waals surface area contributed by atoms with E-state index in [1.165, 1.54) is 0 Å². The number of hydrogen-bond acceptors (Lipinski definition) is 4. The van der Waals surface area contributed by atoms with Crippen molar-refractivity contribution in [2.45, 2.75) is 27.3 Å². The lowest BCUT2D eigenvalue weighted by atomic mass is 10.2. The summed E-state index contributed by atoms with van der Waals surface area (Å²) in [6.45, 7) is 6.52. The number of rotatable bonds is 2. The summed E-state index contributed by atoms with van der Waals surface area (Å²) in [5.74, 6) is 0. The van der Waals surface area contributed by atoms with Crippen LogP contribution in [-0.2, 0) is 13.6 Å². The molecule has 0 saturated heterocycles. The van der Waals surface area contributed by atoms with Gasteiger partial charge < -0.3 is 0 Å². The zero-order chi connectivity index (χ0) is 14.4. The summed E-state index contributed by atoms with van der Waals surface area (Å²) >= 11 is 1.57. The predicted octanol–water partition coefficient (Wildman–Crippen LogP) is 2.17. The number of fused-ring (bicyclic) bond motifs is 1. The molecule has 0 unspecified atom stereocenters. The van der Waals surface area contributed by atoms with Crippen LogP contribution in [0.1, 0.15) is 21.7 Å². The molecule has 0 bridgehead atoms. The van der Waals surface area contributed by atoms with Gasteiger partial charge in [0.15, 0.2) is 0 Å². The molecule has 0 radical (unpaired) electrons. The molecule has 3 heterocycles. The number of hydrogen-bond donors (Lipinski definition) is 0. The van der Waals surface area contributed by atoms with E-state index < -0.39 is 0 Å². The molecule has 3 rings (SSSR count). The third-order valence-corrected chi connectivity index (χ3v) is 4.95. The number of thiophene rings is 1. The van der Waals surface area contributed by atoms with E-state index in [2.05, 4.69) is 10.1 Å². The second-order valence-electron chi connectivity index (χ2n) is 5.02. The van der Waals surface area contributed by atoms with Crippen molar-refractivity contribution in [1.29, 1.82) is 0 Å². The highest BCUT2D eigenvalue weighted by Crippen LogP contribution is 2.25. The Kier molecular flexibility index (Phi) is 2.97. The van der Waals surface area contributed by atoms with Crippen molar-refractivity contribution in [2.75, 3.05) is 0 Å². The Morgan fingerprint density at radius 1 is 1.30 bits per heavy atom. The van der Waals surface area contributed by atoms with E-state index in [0.717, 1.165) is 31.9 Å². The summed E-state index contributed by atoms with van der Waals surface area (Å²) in [6, 6.07) is 0. The van der Waals surface area contributed by atoms with Crippen molar-refractivity contribution < 1.29 is 0 Å². The Balaban J connectivity index is 2.13. The van der Waals surface area contributed by atoms with Gasteiger partial charge >= 0.3 is 0 Å². The van der Waals surface area contributed by atoms with Crippen LogP contribution >= 0.6 is 11.3 Å². The normalized spacial score (nSPS) is 11.4. The van der Waals surface area contributed by atoms with E-state index in [-0.39, 0.29) is 5.56 Å². The first-order valence-corrected chi connectivity index (χ1v) is 7.23. The molecule has 0 saturated carbocycles. The van der Waals surface area contributed by atoms with Gasteiger partial charge in [-0.05, 0) is 26.3 Å². The molecule has 0 fully saturated rings. The van der Waals surface area contributed by atoms with Gasteiger partial charge in [-0.3, -0.25) is 14.0 Å².